The van der Waals surface area contributed by atoms with Gasteiger partial charge in [-0.1, -0.05) is 18.2 Å². The lowest BCUT2D eigenvalue weighted by atomic mass is 10.1. The van der Waals surface area contributed by atoms with Crippen molar-refractivity contribution in [1.82, 2.24) is 10.4 Å². The number of pyridine rings is 1. The third-order valence-electron chi connectivity index (χ3n) is 3.92. The normalized spacial score (nSPS) is 11.0. The van der Waals surface area contributed by atoms with Crippen molar-refractivity contribution in [1.29, 1.82) is 0 Å². The molecule has 0 atom stereocenters. The summed E-state index contributed by atoms with van der Waals surface area (Å²) in [4.78, 5) is 17.0. The van der Waals surface area contributed by atoms with E-state index in [-0.39, 0.29) is 5.91 Å². The van der Waals surface area contributed by atoms with Crippen molar-refractivity contribution in [2.45, 2.75) is 6.92 Å². The van der Waals surface area contributed by atoms with Crippen molar-refractivity contribution in [3.8, 4) is 11.5 Å². The molecular formula is C20H18BrN3O3. The van der Waals surface area contributed by atoms with Gasteiger partial charge in [0.15, 0.2) is 11.5 Å². The maximum atomic E-state index is 12.6. The van der Waals surface area contributed by atoms with E-state index in [1.165, 1.54) is 0 Å². The maximum absolute atomic E-state index is 12.6. The van der Waals surface area contributed by atoms with Crippen LogP contribution in [0.15, 0.2) is 52.0 Å². The number of hydrazone groups is 1. The first kappa shape index (κ1) is 18.8. The summed E-state index contributed by atoms with van der Waals surface area (Å²) >= 11 is 3.43. The van der Waals surface area contributed by atoms with Crippen molar-refractivity contribution < 1.29 is 14.3 Å². The Kier molecular flexibility index (Phi) is 5.71. The minimum atomic E-state index is -0.299. The predicted octanol–water partition coefficient (Wildman–Crippen LogP) is 4.09. The van der Waals surface area contributed by atoms with E-state index in [9.17, 15) is 4.79 Å². The molecular weight excluding hydrogens is 410 g/mol. The molecule has 1 amide bonds. The monoisotopic (exact) mass is 427 g/mol. The first-order chi connectivity index (χ1) is 13.0. The van der Waals surface area contributed by atoms with Crippen LogP contribution in [0.1, 0.15) is 21.6 Å². The van der Waals surface area contributed by atoms with Crippen LogP contribution in [0.3, 0.4) is 0 Å². The van der Waals surface area contributed by atoms with Crippen LogP contribution in [0.4, 0.5) is 0 Å². The van der Waals surface area contributed by atoms with Crippen LogP contribution in [-0.4, -0.2) is 31.3 Å². The van der Waals surface area contributed by atoms with Crippen molar-refractivity contribution in [2.75, 3.05) is 14.2 Å². The van der Waals surface area contributed by atoms with Gasteiger partial charge < -0.3 is 9.47 Å². The third kappa shape index (κ3) is 4.09. The molecule has 1 aromatic heterocycles. The molecule has 27 heavy (non-hydrogen) atoms. The number of hydrogen-bond acceptors (Lipinski definition) is 5. The molecule has 6 nitrogen and oxygen atoms in total. The average molecular weight is 428 g/mol. The molecule has 0 aliphatic carbocycles. The zero-order valence-electron chi connectivity index (χ0n) is 15.1. The second-order valence-electron chi connectivity index (χ2n) is 5.77. The minimum absolute atomic E-state index is 0.299. The Bertz CT molecular complexity index is 1030. The summed E-state index contributed by atoms with van der Waals surface area (Å²) in [5.41, 5.74) is 5.39. The number of methoxy groups -OCH3 is 2. The Morgan fingerprint density at radius 2 is 1.96 bits per heavy atom. The summed E-state index contributed by atoms with van der Waals surface area (Å²) in [6.45, 7) is 1.85. The van der Waals surface area contributed by atoms with E-state index < -0.39 is 0 Å². The number of ether oxygens (including phenoxy) is 2. The molecule has 3 rings (SSSR count). The number of carbonyl (C=O) groups excluding carboxylic acids is 1. The number of halogens is 1. The van der Waals surface area contributed by atoms with E-state index in [1.807, 2.05) is 37.3 Å². The Labute approximate surface area is 165 Å². The summed E-state index contributed by atoms with van der Waals surface area (Å²) in [6, 6.07) is 12.9. The molecule has 1 N–H and O–H groups in total. The van der Waals surface area contributed by atoms with Crippen LogP contribution < -0.4 is 14.9 Å². The molecule has 0 spiro atoms. The Morgan fingerprint density at radius 1 is 1.19 bits per heavy atom. The van der Waals surface area contributed by atoms with Crippen molar-refractivity contribution in [2.24, 2.45) is 5.10 Å². The van der Waals surface area contributed by atoms with Gasteiger partial charge in [-0.3, -0.25) is 9.78 Å². The smallest absolute Gasteiger partial charge is 0.272 e. The standard InChI is InChI=1S/C20H18BrN3O3/c1-12-8-15(14-6-4-5-7-17(14)23-12)20(25)24-22-11-13-9-16(21)19(27-3)18(10-13)26-2/h4-11H,1-3H3,(H,24,25)/b22-11-. The second kappa shape index (κ2) is 8.18. The van der Waals surface area contributed by atoms with Crippen LogP contribution in [0, 0.1) is 6.92 Å². The highest BCUT2D eigenvalue weighted by Crippen LogP contribution is 2.35. The quantitative estimate of drug-likeness (QED) is 0.491. The number of nitrogens with zero attached hydrogens (tertiary/aromatic N) is 2. The van der Waals surface area contributed by atoms with Gasteiger partial charge in [-0.25, -0.2) is 5.43 Å². The van der Waals surface area contributed by atoms with E-state index in [4.69, 9.17) is 9.47 Å². The van der Waals surface area contributed by atoms with Gasteiger partial charge in [0, 0.05) is 11.1 Å². The van der Waals surface area contributed by atoms with Gasteiger partial charge in [-0.2, -0.15) is 5.10 Å². The minimum Gasteiger partial charge on any atom is -0.493 e. The van der Waals surface area contributed by atoms with E-state index in [2.05, 4.69) is 31.4 Å². The molecule has 0 aliphatic heterocycles. The van der Waals surface area contributed by atoms with Crippen LogP contribution in [0.2, 0.25) is 0 Å². The van der Waals surface area contributed by atoms with E-state index in [1.54, 1.807) is 32.6 Å². The zero-order valence-corrected chi connectivity index (χ0v) is 16.7. The van der Waals surface area contributed by atoms with Gasteiger partial charge in [0.05, 0.1) is 36.0 Å². The molecule has 0 aliphatic rings. The number of aryl methyl sites for hydroxylation is 1. The number of amides is 1. The SMILES string of the molecule is COc1cc(/C=N\NC(=O)c2cc(C)nc3ccccc23)cc(Br)c1OC. The van der Waals surface area contributed by atoms with Crippen molar-refractivity contribution in [3.05, 3.63) is 63.8 Å². The van der Waals surface area contributed by atoms with Crippen molar-refractivity contribution >= 4 is 39.0 Å². The number of hydrogen-bond donors (Lipinski definition) is 1. The fraction of sp³-hybridized carbons (Fsp3) is 0.150. The number of para-hydroxylation sites is 1. The van der Waals surface area contributed by atoms with Crippen LogP contribution in [0.25, 0.3) is 10.9 Å². The molecule has 0 saturated heterocycles. The van der Waals surface area contributed by atoms with E-state index >= 15 is 0 Å². The van der Waals surface area contributed by atoms with Crippen LogP contribution >= 0.6 is 15.9 Å². The van der Waals surface area contributed by atoms with Gasteiger partial charge >= 0.3 is 0 Å². The number of fused-ring (bicyclic) bond motifs is 1. The van der Waals surface area contributed by atoms with Gasteiger partial charge in [0.25, 0.3) is 5.91 Å². The number of aromatic nitrogens is 1. The summed E-state index contributed by atoms with van der Waals surface area (Å²) in [5.74, 6) is 0.861. The molecule has 0 bridgehead atoms. The lowest BCUT2D eigenvalue weighted by Crippen LogP contribution is -2.18. The Hall–Kier alpha value is -2.93. The average Bonchev–Trinajstić information content (AvgIpc) is 2.66. The molecule has 0 radical (unpaired) electrons. The molecule has 2 aromatic carbocycles. The van der Waals surface area contributed by atoms with E-state index in [0.29, 0.717) is 17.1 Å². The Balaban J connectivity index is 1.83. The molecule has 0 saturated carbocycles. The summed E-state index contributed by atoms with van der Waals surface area (Å²) in [7, 11) is 3.13. The Morgan fingerprint density at radius 3 is 2.70 bits per heavy atom. The van der Waals surface area contributed by atoms with Gasteiger partial charge in [0.2, 0.25) is 0 Å². The highest BCUT2D eigenvalue weighted by molar-refractivity contribution is 9.10. The third-order valence-corrected chi connectivity index (χ3v) is 4.51. The molecule has 7 heteroatoms. The molecule has 138 valence electrons. The summed E-state index contributed by atoms with van der Waals surface area (Å²) in [6.07, 6.45) is 1.54. The highest BCUT2D eigenvalue weighted by Gasteiger charge is 2.12. The van der Waals surface area contributed by atoms with Crippen LogP contribution in [0.5, 0.6) is 11.5 Å². The highest BCUT2D eigenvalue weighted by atomic mass is 79.9. The van der Waals surface area contributed by atoms with Gasteiger partial charge in [0.1, 0.15) is 0 Å². The van der Waals surface area contributed by atoms with Gasteiger partial charge in [-0.15, -0.1) is 0 Å². The topological polar surface area (TPSA) is 72.8 Å². The first-order valence-electron chi connectivity index (χ1n) is 8.14. The number of rotatable bonds is 5. The first-order valence-corrected chi connectivity index (χ1v) is 8.94. The summed E-state index contributed by atoms with van der Waals surface area (Å²) < 4.78 is 11.3. The van der Waals surface area contributed by atoms with Crippen molar-refractivity contribution in [3.63, 3.8) is 0 Å². The predicted molar refractivity (Wildman–Crippen MR) is 109 cm³/mol. The lowest BCUT2D eigenvalue weighted by molar-refractivity contribution is 0.0956. The number of nitrogens with one attached hydrogen (secondary N) is 1. The maximum Gasteiger partial charge on any atom is 0.272 e. The fourth-order valence-electron chi connectivity index (χ4n) is 2.73. The molecule has 3 aromatic rings. The number of carbonyl (C=O) groups is 1. The molecule has 0 fully saturated rings. The fourth-order valence-corrected chi connectivity index (χ4v) is 3.36. The van der Waals surface area contributed by atoms with E-state index in [0.717, 1.165) is 26.6 Å². The number of benzene rings is 2. The zero-order chi connectivity index (χ0) is 19.4. The lowest BCUT2D eigenvalue weighted by Gasteiger charge is -2.10. The molecule has 1 heterocycles. The largest absolute Gasteiger partial charge is 0.493 e. The second-order valence-corrected chi connectivity index (χ2v) is 6.62. The van der Waals surface area contributed by atoms with Crippen LogP contribution in [-0.2, 0) is 0 Å². The van der Waals surface area contributed by atoms with Gasteiger partial charge in [-0.05, 0) is 52.7 Å². The summed E-state index contributed by atoms with van der Waals surface area (Å²) in [5, 5.41) is 4.85. The molecule has 0 unspecified atom stereocenters.